The molecule has 0 radical (unpaired) electrons. The number of hydrogen-bond acceptors (Lipinski definition) is 2. The third kappa shape index (κ3) is 2.27. The first-order valence-corrected chi connectivity index (χ1v) is 6.69. The van der Waals surface area contributed by atoms with Crippen molar-refractivity contribution in [3.8, 4) is 0 Å². The molecule has 0 heterocycles. The Labute approximate surface area is 113 Å². The highest BCUT2D eigenvalue weighted by molar-refractivity contribution is 6.08. The van der Waals surface area contributed by atoms with E-state index in [0.717, 1.165) is 25.1 Å². The minimum atomic E-state index is 0.737. The monoisotopic (exact) mass is 250 g/mol. The Bertz CT molecular complexity index is 732. The molecule has 4 N–H and O–H groups in total. The van der Waals surface area contributed by atoms with Gasteiger partial charge in [0.1, 0.15) is 0 Å². The summed E-state index contributed by atoms with van der Waals surface area (Å²) in [6.45, 7) is 0.737. The molecule has 0 unspecified atom stereocenters. The van der Waals surface area contributed by atoms with Gasteiger partial charge in [-0.15, -0.1) is 0 Å². The van der Waals surface area contributed by atoms with E-state index >= 15 is 0 Å². The summed E-state index contributed by atoms with van der Waals surface area (Å²) in [4.78, 5) is 0. The van der Waals surface area contributed by atoms with Gasteiger partial charge < -0.3 is 11.5 Å². The predicted octanol–water partition coefficient (Wildman–Crippen LogP) is 3.47. The molecule has 0 spiro atoms. The molecule has 3 rings (SSSR count). The molecule has 0 aromatic heterocycles. The zero-order valence-electron chi connectivity index (χ0n) is 10.9. The van der Waals surface area contributed by atoms with Crippen LogP contribution in [0, 0.1) is 0 Å². The van der Waals surface area contributed by atoms with Crippen LogP contribution in [0.3, 0.4) is 0 Å². The van der Waals surface area contributed by atoms with E-state index in [0.29, 0.717) is 0 Å². The fourth-order valence-electron chi connectivity index (χ4n) is 2.58. The number of benzene rings is 3. The van der Waals surface area contributed by atoms with Crippen LogP contribution in [0.1, 0.15) is 12.0 Å². The van der Waals surface area contributed by atoms with Crippen molar-refractivity contribution in [3.05, 3.63) is 54.1 Å². The quantitative estimate of drug-likeness (QED) is 0.552. The summed E-state index contributed by atoms with van der Waals surface area (Å²) in [7, 11) is 0. The lowest BCUT2D eigenvalue weighted by Crippen LogP contribution is -2.00. The molecule has 0 aliphatic heterocycles. The summed E-state index contributed by atoms with van der Waals surface area (Å²) < 4.78 is 0. The van der Waals surface area contributed by atoms with Crippen molar-refractivity contribution >= 4 is 27.2 Å². The minimum absolute atomic E-state index is 0.737. The Morgan fingerprint density at radius 3 is 2.16 bits per heavy atom. The number of nitrogen functional groups attached to an aromatic ring is 1. The van der Waals surface area contributed by atoms with Crippen LogP contribution in [-0.4, -0.2) is 6.54 Å². The highest BCUT2D eigenvalue weighted by Gasteiger charge is 2.02. The topological polar surface area (TPSA) is 52.0 Å². The van der Waals surface area contributed by atoms with Crippen LogP contribution >= 0.6 is 0 Å². The van der Waals surface area contributed by atoms with Crippen molar-refractivity contribution in [2.45, 2.75) is 12.8 Å². The third-order valence-corrected chi connectivity index (χ3v) is 3.60. The number of hydrogen-bond donors (Lipinski definition) is 2. The summed E-state index contributed by atoms with van der Waals surface area (Å²) in [6.07, 6.45) is 2.06. The maximum absolute atomic E-state index is 5.92. The second-order valence-electron chi connectivity index (χ2n) is 4.99. The average Bonchev–Trinajstić information content (AvgIpc) is 2.44. The molecule has 0 saturated heterocycles. The summed E-state index contributed by atoms with van der Waals surface area (Å²) in [5, 5.41) is 5.00. The van der Waals surface area contributed by atoms with Crippen molar-refractivity contribution in [2.24, 2.45) is 5.73 Å². The molecule has 3 aromatic carbocycles. The second-order valence-corrected chi connectivity index (χ2v) is 4.99. The maximum Gasteiger partial charge on any atom is 0.0320 e. The van der Waals surface area contributed by atoms with E-state index in [4.69, 9.17) is 11.5 Å². The van der Waals surface area contributed by atoms with Gasteiger partial charge in [0.25, 0.3) is 0 Å². The van der Waals surface area contributed by atoms with Gasteiger partial charge in [-0.05, 0) is 58.6 Å². The van der Waals surface area contributed by atoms with Gasteiger partial charge in [0.15, 0.2) is 0 Å². The van der Waals surface area contributed by atoms with Crippen LogP contribution in [0.15, 0.2) is 48.5 Å². The SMILES string of the molecule is NCCCc1ccc2ccc3ccc(N)cc3c2c1. The van der Waals surface area contributed by atoms with Gasteiger partial charge in [0.2, 0.25) is 0 Å². The van der Waals surface area contributed by atoms with E-state index in [1.165, 1.54) is 27.1 Å². The maximum atomic E-state index is 5.92. The zero-order valence-corrected chi connectivity index (χ0v) is 10.9. The molecular formula is C17H18N2. The summed E-state index contributed by atoms with van der Waals surface area (Å²) in [5.74, 6) is 0. The molecule has 96 valence electrons. The van der Waals surface area contributed by atoms with Crippen molar-refractivity contribution in [2.75, 3.05) is 12.3 Å². The highest BCUT2D eigenvalue weighted by Crippen LogP contribution is 2.28. The van der Waals surface area contributed by atoms with Crippen LogP contribution in [-0.2, 0) is 6.42 Å². The average molecular weight is 250 g/mol. The van der Waals surface area contributed by atoms with E-state index < -0.39 is 0 Å². The minimum Gasteiger partial charge on any atom is -0.399 e. The Morgan fingerprint density at radius 2 is 1.42 bits per heavy atom. The lowest BCUT2D eigenvalue weighted by atomic mass is 9.98. The van der Waals surface area contributed by atoms with E-state index in [-0.39, 0.29) is 0 Å². The Hall–Kier alpha value is -2.06. The van der Waals surface area contributed by atoms with Gasteiger partial charge in [0, 0.05) is 5.69 Å². The molecule has 0 saturated carbocycles. The molecule has 0 amide bonds. The largest absolute Gasteiger partial charge is 0.399 e. The van der Waals surface area contributed by atoms with E-state index in [9.17, 15) is 0 Å². The Balaban J connectivity index is 2.22. The molecule has 3 aromatic rings. The molecule has 2 nitrogen and oxygen atoms in total. The summed E-state index contributed by atoms with van der Waals surface area (Å²) in [6, 6.07) is 17.1. The lowest BCUT2D eigenvalue weighted by Gasteiger charge is -2.07. The van der Waals surface area contributed by atoms with Gasteiger partial charge in [-0.3, -0.25) is 0 Å². The fourth-order valence-corrected chi connectivity index (χ4v) is 2.58. The van der Waals surface area contributed by atoms with E-state index in [1.807, 2.05) is 6.07 Å². The predicted molar refractivity (Wildman–Crippen MR) is 83.2 cm³/mol. The Kier molecular flexibility index (Phi) is 3.10. The Morgan fingerprint density at radius 1 is 0.789 bits per heavy atom. The first-order chi connectivity index (χ1) is 9.28. The summed E-state index contributed by atoms with van der Waals surface area (Å²) in [5.41, 5.74) is 13.7. The number of fused-ring (bicyclic) bond motifs is 3. The molecule has 19 heavy (non-hydrogen) atoms. The third-order valence-electron chi connectivity index (χ3n) is 3.60. The first-order valence-electron chi connectivity index (χ1n) is 6.69. The van der Waals surface area contributed by atoms with Crippen LogP contribution in [0.25, 0.3) is 21.5 Å². The van der Waals surface area contributed by atoms with Crippen molar-refractivity contribution in [1.29, 1.82) is 0 Å². The second kappa shape index (κ2) is 4.90. The molecule has 0 fully saturated rings. The van der Waals surface area contributed by atoms with Gasteiger partial charge in [-0.1, -0.05) is 36.4 Å². The van der Waals surface area contributed by atoms with E-state index in [2.05, 4.69) is 42.5 Å². The zero-order chi connectivity index (χ0) is 13.2. The van der Waals surface area contributed by atoms with Gasteiger partial charge >= 0.3 is 0 Å². The molecule has 0 bridgehead atoms. The molecule has 2 heteroatoms. The molecule has 0 aliphatic carbocycles. The number of rotatable bonds is 3. The number of anilines is 1. The number of nitrogens with two attached hydrogens (primary N) is 2. The van der Waals surface area contributed by atoms with Gasteiger partial charge in [-0.2, -0.15) is 0 Å². The van der Waals surface area contributed by atoms with Crippen LogP contribution in [0.5, 0.6) is 0 Å². The van der Waals surface area contributed by atoms with Crippen LogP contribution in [0.4, 0.5) is 5.69 Å². The van der Waals surface area contributed by atoms with Crippen LogP contribution < -0.4 is 11.5 Å². The molecular weight excluding hydrogens is 232 g/mol. The van der Waals surface area contributed by atoms with Crippen molar-refractivity contribution in [3.63, 3.8) is 0 Å². The van der Waals surface area contributed by atoms with Crippen molar-refractivity contribution in [1.82, 2.24) is 0 Å². The highest BCUT2D eigenvalue weighted by atomic mass is 14.5. The normalized spacial score (nSPS) is 11.2. The lowest BCUT2D eigenvalue weighted by molar-refractivity contribution is 0.833. The fraction of sp³-hybridized carbons (Fsp3) is 0.176. The van der Waals surface area contributed by atoms with Crippen LogP contribution in [0.2, 0.25) is 0 Å². The van der Waals surface area contributed by atoms with Crippen molar-refractivity contribution < 1.29 is 0 Å². The number of aryl methyl sites for hydroxylation is 1. The standard InChI is InChI=1S/C17H18N2/c18-9-1-2-12-3-4-13-5-6-14-7-8-15(19)11-17(14)16(13)10-12/h3-8,10-11H,1-2,9,18-19H2. The van der Waals surface area contributed by atoms with Gasteiger partial charge in [0.05, 0.1) is 0 Å². The molecule has 0 aliphatic rings. The van der Waals surface area contributed by atoms with E-state index in [1.54, 1.807) is 0 Å². The van der Waals surface area contributed by atoms with Gasteiger partial charge in [-0.25, -0.2) is 0 Å². The smallest absolute Gasteiger partial charge is 0.0320 e. The summed E-state index contributed by atoms with van der Waals surface area (Å²) >= 11 is 0. The first kappa shape index (κ1) is 12.0. The molecule has 0 atom stereocenters.